The van der Waals surface area contributed by atoms with Crippen LogP contribution in [0.5, 0.6) is 17.2 Å². The van der Waals surface area contributed by atoms with E-state index in [0.29, 0.717) is 43.5 Å². The maximum atomic E-state index is 13.8. The fourth-order valence-electron chi connectivity index (χ4n) is 7.61. The highest BCUT2D eigenvalue weighted by Crippen LogP contribution is 2.32. The van der Waals surface area contributed by atoms with Crippen molar-refractivity contribution in [1.29, 1.82) is 0 Å². The Kier molecular flexibility index (Phi) is 15.3. The Morgan fingerprint density at radius 3 is 1.88 bits per heavy atom. The highest BCUT2D eigenvalue weighted by atomic mass is 19.4. The predicted molar refractivity (Wildman–Crippen MR) is 228 cm³/mol. The van der Waals surface area contributed by atoms with Gasteiger partial charge in [-0.1, -0.05) is 25.1 Å². The van der Waals surface area contributed by atoms with Crippen molar-refractivity contribution in [3.8, 4) is 17.2 Å². The van der Waals surface area contributed by atoms with Gasteiger partial charge in [0.05, 0.1) is 47.6 Å². The second kappa shape index (κ2) is 20.8. The maximum Gasteiger partial charge on any atom is 0.393 e. The Hall–Kier alpha value is -6.43. The maximum absolute atomic E-state index is 13.8. The number of rotatable bonds is 16. The lowest BCUT2D eigenvalue weighted by Gasteiger charge is -2.37. The number of hydrogen-bond donors (Lipinski definition) is 3. The number of carbonyl (C=O) groups excluding carboxylic acids is 3. The molecule has 0 aromatic heterocycles. The van der Waals surface area contributed by atoms with E-state index in [1.165, 1.54) is 72.8 Å². The summed E-state index contributed by atoms with van der Waals surface area (Å²) in [7, 11) is 0. The molecular formula is C46H49F5N4O9. The molecule has 13 nitrogen and oxygen atoms in total. The Morgan fingerprint density at radius 2 is 1.28 bits per heavy atom. The molecule has 0 spiro atoms. The molecular weight excluding hydrogens is 848 g/mol. The van der Waals surface area contributed by atoms with Gasteiger partial charge in [0.15, 0.2) is 12.2 Å². The number of piperidine rings is 1. The summed E-state index contributed by atoms with van der Waals surface area (Å²) in [5.74, 6) is -4.31. The molecule has 5 atom stereocenters. The van der Waals surface area contributed by atoms with Crippen LogP contribution < -0.4 is 34.6 Å². The highest BCUT2D eigenvalue weighted by molar-refractivity contribution is 6.04. The van der Waals surface area contributed by atoms with Crippen LogP contribution in [0.15, 0.2) is 91.0 Å². The first-order valence-electron chi connectivity index (χ1n) is 20.7. The molecule has 2 fully saturated rings. The quantitative estimate of drug-likeness (QED) is 0.0561. The second-order valence-electron chi connectivity index (χ2n) is 15.9. The number of morpholine rings is 1. The summed E-state index contributed by atoms with van der Waals surface area (Å²) in [5.41, 5.74) is 0.483. The molecule has 2 aliphatic rings. The molecule has 342 valence electrons. The number of hydrogen-bond acceptors (Lipinski definition) is 10. The number of anilines is 4. The molecule has 4 aromatic carbocycles. The lowest BCUT2D eigenvalue weighted by molar-refractivity contribution is -0.158. The van der Waals surface area contributed by atoms with E-state index in [9.17, 15) is 46.2 Å². The summed E-state index contributed by atoms with van der Waals surface area (Å²) in [6.45, 7) is 8.22. The SMILES string of the molecule is CC1CN(c2ccc(NC(=O)[C@H](CC(F)F)Oc3ccc(OC(=O)c4cc(N5CCC[C@@H](C)C5)ccc4NC(=O)[C@H](CC(F)(F)F)Oc4ccccc4)cc3)c(C(=O)O)c2)C[C@H](C)O1. The first-order valence-corrected chi connectivity index (χ1v) is 20.7. The number of benzene rings is 4. The average molecular weight is 897 g/mol. The molecule has 18 heteroatoms. The Bertz CT molecular complexity index is 2250. The van der Waals surface area contributed by atoms with Crippen molar-refractivity contribution in [3.63, 3.8) is 0 Å². The van der Waals surface area contributed by atoms with Crippen LogP contribution in [0.3, 0.4) is 0 Å². The minimum absolute atomic E-state index is 0.0286. The van der Waals surface area contributed by atoms with Gasteiger partial charge in [-0.05, 0) is 105 Å². The minimum Gasteiger partial charge on any atom is -0.480 e. The van der Waals surface area contributed by atoms with Crippen molar-refractivity contribution in [2.75, 3.05) is 46.6 Å². The molecule has 6 rings (SSSR count). The second-order valence-corrected chi connectivity index (χ2v) is 15.9. The van der Waals surface area contributed by atoms with Crippen LogP contribution >= 0.6 is 0 Å². The standard InChI is InChI=1S/C46H49F5N4O9/c1-27-8-7-19-54(24-27)30-11-18-38(53-43(57)40(23-46(49,50)51)63-32-9-5-4-6-10-32)36(21-30)45(60)64-34-15-13-33(14-16-34)62-39(22-41(47)48)42(56)52-37-17-12-31(20-35(37)44(58)59)55-25-28(2)61-29(3)26-55/h4-6,9-18,20-21,27-29,39-41H,7-8,19,22-26H2,1-3H3,(H,52,56)(H,53,57)(H,58,59)/t27-,28+,29?,39+,40+/m1/s1. The number of ether oxygens (including phenoxy) is 4. The third kappa shape index (κ3) is 13.1. The number of carbonyl (C=O) groups is 4. The molecule has 4 aromatic rings. The molecule has 0 radical (unpaired) electrons. The first-order chi connectivity index (χ1) is 30.4. The molecule has 2 aliphatic heterocycles. The molecule has 0 bridgehead atoms. The van der Waals surface area contributed by atoms with Gasteiger partial charge in [-0.25, -0.2) is 18.4 Å². The van der Waals surface area contributed by atoms with Gasteiger partial charge in [0, 0.05) is 37.6 Å². The number of carboxylic acids is 1. The summed E-state index contributed by atoms with van der Waals surface area (Å²) >= 11 is 0. The van der Waals surface area contributed by atoms with E-state index in [0.717, 1.165) is 12.8 Å². The largest absolute Gasteiger partial charge is 0.480 e. The molecule has 0 saturated carbocycles. The van der Waals surface area contributed by atoms with Crippen LogP contribution in [0.1, 0.15) is 67.2 Å². The summed E-state index contributed by atoms with van der Waals surface area (Å²) < 4.78 is 90.9. The number of amides is 2. The van der Waals surface area contributed by atoms with Gasteiger partial charge in [0.2, 0.25) is 6.43 Å². The smallest absolute Gasteiger partial charge is 0.393 e. The molecule has 2 heterocycles. The number of halogens is 5. The topological polar surface area (TPSA) is 156 Å². The fraction of sp³-hybridized carbons (Fsp3) is 0.391. The number of para-hydroxylation sites is 1. The van der Waals surface area contributed by atoms with Crippen LogP contribution in [0.25, 0.3) is 0 Å². The van der Waals surface area contributed by atoms with Crippen molar-refractivity contribution in [2.24, 2.45) is 5.92 Å². The zero-order valence-corrected chi connectivity index (χ0v) is 35.3. The predicted octanol–water partition coefficient (Wildman–Crippen LogP) is 8.83. The first kappa shape index (κ1) is 47.1. The van der Waals surface area contributed by atoms with Gasteiger partial charge >= 0.3 is 18.1 Å². The van der Waals surface area contributed by atoms with E-state index in [-0.39, 0.29) is 52.0 Å². The summed E-state index contributed by atoms with van der Waals surface area (Å²) in [6, 6.07) is 21.5. The summed E-state index contributed by atoms with van der Waals surface area (Å²) in [4.78, 5) is 56.9. The minimum atomic E-state index is -4.77. The molecule has 2 amide bonds. The van der Waals surface area contributed by atoms with Gasteiger partial charge < -0.3 is 44.5 Å². The number of alkyl halides is 5. The third-order valence-corrected chi connectivity index (χ3v) is 10.5. The summed E-state index contributed by atoms with van der Waals surface area (Å²) in [6.07, 6.45) is -12.6. The van der Waals surface area contributed by atoms with E-state index < -0.39 is 61.4 Å². The normalized spacial score (nSPS) is 18.7. The molecule has 0 aliphatic carbocycles. The highest BCUT2D eigenvalue weighted by Gasteiger charge is 2.38. The van der Waals surface area contributed by atoms with E-state index in [1.807, 2.05) is 23.6 Å². The van der Waals surface area contributed by atoms with Gasteiger partial charge in [-0.2, -0.15) is 13.2 Å². The van der Waals surface area contributed by atoms with Gasteiger partial charge in [-0.15, -0.1) is 0 Å². The molecule has 64 heavy (non-hydrogen) atoms. The van der Waals surface area contributed by atoms with Crippen molar-refractivity contribution in [2.45, 2.75) is 83.5 Å². The Balaban J connectivity index is 1.18. The van der Waals surface area contributed by atoms with Crippen LogP contribution in [0, 0.1) is 5.92 Å². The zero-order valence-electron chi connectivity index (χ0n) is 35.3. The average Bonchev–Trinajstić information content (AvgIpc) is 3.23. The Labute approximate surface area is 366 Å². The van der Waals surface area contributed by atoms with Gasteiger partial charge in [-0.3, -0.25) is 9.59 Å². The fourth-order valence-corrected chi connectivity index (χ4v) is 7.61. The van der Waals surface area contributed by atoms with Crippen molar-refractivity contribution >= 4 is 46.5 Å². The van der Waals surface area contributed by atoms with Crippen LogP contribution in [0.4, 0.5) is 44.7 Å². The van der Waals surface area contributed by atoms with Crippen molar-refractivity contribution in [3.05, 3.63) is 102 Å². The van der Waals surface area contributed by atoms with Crippen molar-refractivity contribution in [1.82, 2.24) is 0 Å². The number of aromatic carboxylic acids is 1. The number of nitrogens with one attached hydrogen (secondary N) is 2. The van der Waals surface area contributed by atoms with E-state index >= 15 is 0 Å². The zero-order chi connectivity index (χ0) is 46.1. The van der Waals surface area contributed by atoms with Crippen molar-refractivity contribution < 1.29 is 65.2 Å². The third-order valence-electron chi connectivity index (χ3n) is 10.5. The van der Waals surface area contributed by atoms with E-state index in [4.69, 9.17) is 18.9 Å². The molecule has 1 unspecified atom stereocenters. The van der Waals surface area contributed by atoms with E-state index in [1.54, 1.807) is 18.2 Å². The lowest BCUT2D eigenvalue weighted by atomic mass is 9.99. The van der Waals surface area contributed by atoms with E-state index in [2.05, 4.69) is 17.6 Å². The van der Waals surface area contributed by atoms with Gasteiger partial charge in [0.25, 0.3) is 11.8 Å². The van der Waals surface area contributed by atoms with Crippen LogP contribution in [-0.4, -0.2) is 92.1 Å². The molecule has 2 saturated heterocycles. The molecule has 3 N–H and O–H groups in total. The number of esters is 1. The monoisotopic (exact) mass is 896 g/mol. The number of nitrogens with zero attached hydrogens (tertiary/aromatic N) is 2. The van der Waals surface area contributed by atoms with Gasteiger partial charge in [0.1, 0.15) is 17.2 Å². The summed E-state index contributed by atoms with van der Waals surface area (Å²) in [5, 5.41) is 14.8. The lowest BCUT2D eigenvalue weighted by Crippen LogP contribution is -2.45. The number of carboxylic acid groups (broad SMARTS) is 1. The van der Waals surface area contributed by atoms with Crippen LogP contribution in [0.2, 0.25) is 0 Å². The van der Waals surface area contributed by atoms with Crippen LogP contribution in [-0.2, 0) is 14.3 Å². The Morgan fingerprint density at radius 1 is 0.734 bits per heavy atom.